The van der Waals surface area contributed by atoms with E-state index in [0.29, 0.717) is 16.5 Å². The summed E-state index contributed by atoms with van der Waals surface area (Å²) in [7, 11) is 0. The lowest BCUT2D eigenvalue weighted by Crippen LogP contribution is -2.30. The zero-order valence-corrected chi connectivity index (χ0v) is 14.3. The quantitative estimate of drug-likeness (QED) is 0.855. The van der Waals surface area contributed by atoms with Crippen LogP contribution in [0.4, 0.5) is 5.69 Å². The van der Waals surface area contributed by atoms with Crippen LogP contribution in [0.1, 0.15) is 28.4 Å². The lowest BCUT2D eigenvalue weighted by atomic mass is 10.1. The first kappa shape index (κ1) is 17.8. The first-order chi connectivity index (χ1) is 11.3. The molecule has 126 valence electrons. The number of rotatable bonds is 5. The fourth-order valence-corrected chi connectivity index (χ4v) is 2.31. The van der Waals surface area contributed by atoms with E-state index in [1.54, 1.807) is 31.2 Å². The van der Waals surface area contributed by atoms with Crippen LogP contribution in [-0.2, 0) is 4.79 Å². The number of anilines is 1. The minimum absolute atomic E-state index is 0.102. The van der Waals surface area contributed by atoms with Crippen molar-refractivity contribution >= 4 is 29.2 Å². The largest absolute Gasteiger partial charge is 0.481 e. The van der Waals surface area contributed by atoms with Crippen molar-refractivity contribution in [2.24, 2.45) is 0 Å². The number of amides is 1. The highest BCUT2D eigenvalue weighted by molar-refractivity contribution is 6.32. The molecule has 0 bridgehead atoms. The van der Waals surface area contributed by atoms with Crippen molar-refractivity contribution in [2.75, 3.05) is 5.32 Å². The summed E-state index contributed by atoms with van der Waals surface area (Å²) in [4.78, 5) is 23.2. The second kappa shape index (κ2) is 7.36. The number of benzene rings is 2. The number of nitrogens with one attached hydrogen (secondary N) is 1. The van der Waals surface area contributed by atoms with Crippen molar-refractivity contribution in [3.8, 4) is 5.75 Å². The van der Waals surface area contributed by atoms with E-state index < -0.39 is 12.1 Å². The van der Waals surface area contributed by atoms with E-state index in [1.165, 1.54) is 12.1 Å². The van der Waals surface area contributed by atoms with Gasteiger partial charge in [-0.1, -0.05) is 17.7 Å². The van der Waals surface area contributed by atoms with Gasteiger partial charge in [0.2, 0.25) is 0 Å². The Bertz CT molecular complexity index is 765. The topological polar surface area (TPSA) is 75.6 Å². The Labute approximate surface area is 145 Å². The molecule has 0 heterocycles. The van der Waals surface area contributed by atoms with Crippen LogP contribution in [0.2, 0.25) is 5.02 Å². The molecule has 0 saturated heterocycles. The van der Waals surface area contributed by atoms with Gasteiger partial charge in [0, 0.05) is 10.7 Å². The van der Waals surface area contributed by atoms with Crippen LogP contribution in [-0.4, -0.2) is 23.1 Å². The molecule has 24 heavy (non-hydrogen) atoms. The third-order valence-electron chi connectivity index (χ3n) is 3.47. The van der Waals surface area contributed by atoms with Gasteiger partial charge in [0.1, 0.15) is 5.75 Å². The van der Waals surface area contributed by atoms with Gasteiger partial charge in [-0.2, -0.15) is 0 Å². The molecular weight excluding hydrogens is 330 g/mol. The maximum Gasteiger partial charge on any atom is 0.335 e. The van der Waals surface area contributed by atoms with Gasteiger partial charge in [-0.15, -0.1) is 0 Å². The number of aromatic carboxylic acids is 1. The van der Waals surface area contributed by atoms with Crippen molar-refractivity contribution in [1.29, 1.82) is 0 Å². The van der Waals surface area contributed by atoms with Crippen molar-refractivity contribution in [3.63, 3.8) is 0 Å². The van der Waals surface area contributed by atoms with Crippen LogP contribution in [0.3, 0.4) is 0 Å². The number of ether oxygens (including phenoxy) is 1. The van der Waals surface area contributed by atoms with E-state index in [-0.39, 0.29) is 11.5 Å². The Kier molecular flexibility index (Phi) is 5.46. The Balaban J connectivity index is 2.07. The molecule has 0 aliphatic heterocycles. The van der Waals surface area contributed by atoms with Gasteiger partial charge in [-0.05, 0) is 62.2 Å². The molecule has 0 spiro atoms. The lowest BCUT2D eigenvalue weighted by molar-refractivity contribution is -0.122. The highest BCUT2D eigenvalue weighted by Gasteiger charge is 2.16. The van der Waals surface area contributed by atoms with Crippen molar-refractivity contribution in [3.05, 3.63) is 58.1 Å². The maximum atomic E-state index is 12.2. The fourth-order valence-electron chi connectivity index (χ4n) is 2.21. The summed E-state index contributed by atoms with van der Waals surface area (Å²) in [6.07, 6.45) is -0.751. The van der Waals surface area contributed by atoms with Crippen LogP contribution in [0, 0.1) is 13.8 Å². The third-order valence-corrected chi connectivity index (χ3v) is 4.07. The van der Waals surface area contributed by atoms with Crippen LogP contribution < -0.4 is 10.1 Å². The average Bonchev–Trinajstić information content (AvgIpc) is 2.52. The molecule has 1 amide bonds. The van der Waals surface area contributed by atoms with Gasteiger partial charge in [-0.3, -0.25) is 4.79 Å². The minimum atomic E-state index is -1.05. The van der Waals surface area contributed by atoms with Crippen molar-refractivity contribution in [1.82, 2.24) is 0 Å². The minimum Gasteiger partial charge on any atom is -0.481 e. The van der Waals surface area contributed by atoms with Crippen LogP contribution in [0.5, 0.6) is 5.75 Å². The van der Waals surface area contributed by atoms with E-state index >= 15 is 0 Å². The predicted molar refractivity (Wildman–Crippen MR) is 93.0 cm³/mol. The Hall–Kier alpha value is -2.53. The smallest absolute Gasteiger partial charge is 0.335 e. The van der Waals surface area contributed by atoms with E-state index in [1.807, 2.05) is 13.8 Å². The second-order valence-electron chi connectivity index (χ2n) is 5.51. The van der Waals surface area contributed by atoms with Crippen LogP contribution in [0.15, 0.2) is 36.4 Å². The SMILES string of the molecule is Cc1cc(OC(C)C(=O)Nc2cccc(C(=O)O)c2)cc(C)c1Cl. The number of carbonyl (C=O) groups is 2. The molecule has 2 N–H and O–H groups in total. The average molecular weight is 348 g/mol. The second-order valence-corrected chi connectivity index (χ2v) is 5.88. The third kappa shape index (κ3) is 4.26. The van der Waals surface area contributed by atoms with Gasteiger partial charge >= 0.3 is 5.97 Å². The molecule has 0 saturated carbocycles. The standard InChI is InChI=1S/C18H18ClNO4/c1-10-7-15(8-11(2)16(10)19)24-12(3)17(21)20-14-6-4-5-13(9-14)18(22)23/h4-9,12H,1-3H3,(H,20,21)(H,22,23). The normalized spacial score (nSPS) is 11.7. The molecule has 2 rings (SSSR count). The molecular formula is C18H18ClNO4. The molecule has 0 aromatic heterocycles. The number of hydrogen-bond acceptors (Lipinski definition) is 3. The molecule has 1 atom stereocenters. The number of hydrogen-bond donors (Lipinski definition) is 2. The van der Waals surface area contributed by atoms with E-state index in [9.17, 15) is 9.59 Å². The highest BCUT2D eigenvalue weighted by atomic mass is 35.5. The van der Waals surface area contributed by atoms with E-state index in [2.05, 4.69) is 5.32 Å². The molecule has 0 fully saturated rings. The van der Waals surface area contributed by atoms with Gasteiger partial charge in [0.15, 0.2) is 6.10 Å². The lowest BCUT2D eigenvalue weighted by Gasteiger charge is -2.16. The van der Waals surface area contributed by atoms with Crippen molar-refractivity contribution in [2.45, 2.75) is 26.9 Å². The Morgan fingerprint density at radius 2 is 1.79 bits per heavy atom. The molecule has 0 aliphatic rings. The van der Waals surface area contributed by atoms with E-state index in [0.717, 1.165) is 11.1 Å². The molecule has 2 aromatic rings. The number of carbonyl (C=O) groups excluding carboxylic acids is 1. The monoisotopic (exact) mass is 347 g/mol. The maximum absolute atomic E-state index is 12.2. The van der Waals surface area contributed by atoms with Gasteiger partial charge in [0.25, 0.3) is 5.91 Å². The Morgan fingerprint density at radius 1 is 1.17 bits per heavy atom. The summed E-state index contributed by atoms with van der Waals surface area (Å²) in [5, 5.41) is 12.3. The number of halogens is 1. The van der Waals surface area contributed by atoms with Crippen molar-refractivity contribution < 1.29 is 19.4 Å². The zero-order chi connectivity index (χ0) is 17.9. The summed E-state index contributed by atoms with van der Waals surface area (Å²) >= 11 is 6.11. The molecule has 0 radical (unpaired) electrons. The summed E-state index contributed by atoms with van der Waals surface area (Å²) in [6, 6.07) is 9.57. The first-order valence-corrected chi connectivity index (χ1v) is 7.73. The predicted octanol–water partition coefficient (Wildman–Crippen LogP) is 4.06. The molecule has 2 aromatic carbocycles. The fraction of sp³-hybridized carbons (Fsp3) is 0.222. The highest BCUT2D eigenvalue weighted by Crippen LogP contribution is 2.26. The summed E-state index contributed by atoms with van der Waals surface area (Å²) < 4.78 is 5.66. The van der Waals surface area contributed by atoms with Gasteiger partial charge in [0.05, 0.1) is 5.56 Å². The first-order valence-electron chi connectivity index (χ1n) is 7.35. The van der Waals surface area contributed by atoms with Gasteiger partial charge < -0.3 is 15.2 Å². The number of aryl methyl sites for hydroxylation is 2. The van der Waals surface area contributed by atoms with E-state index in [4.69, 9.17) is 21.4 Å². The summed E-state index contributed by atoms with van der Waals surface area (Å²) in [6.45, 7) is 5.35. The molecule has 6 heteroatoms. The Morgan fingerprint density at radius 3 is 2.38 bits per heavy atom. The zero-order valence-electron chi connectivity index (χ0n) is 13.6. The molecule has 5 nitrogen and oxygen atoms in total. The summed E-state index contributed by atoms with van der Waals surface area (Å²) in [5.74, 6) is -0.873. The molecule has 0 aliphatic carbocycles. The molecule has 1 unspecified atom stereocenters. The number of carboxylic acid groups (broad SMARTS) is 1. The van der Waals surface area contributed by atoms with Crippen LogP contribution >= 0.6 is 11.6 Å². The number of carboxylic acids is 1. The summed E-state index contributed by atoms with van der Waals surface area (Å²) in [5.41, 5.74) is 2.24. The van der Waals surface area contributed by atoms with Gasteiger partial charge in [-0.25, -0.2) is 4.79 Å². The van der Waals surface area contributed by atoms with Crippen LogP contribution in [0.25, 0.3) is 0 Å².